The Labute approximate surface area is 105 Å². The van der Waals surface area contributed by atoms with Crippen LogP contribution in [0, 0.1) is 6.92 Å². The molecule has 0 saturated carbocycles. The number of aromatic nitrogens is 2. The van der Waals surface area contributed by atoms with E-state index >= 15 is 0 Å². The topological polar surface area (TPSA) is 53.1 Å². The van der Waals surface area contributed by atoms with Crippen molar-refractivity contribution in [1.82, 2.24) is 9.78 Å². The van der Waals surface area contributed by atoms with Gasteiger partial charge in [0.15, 0.2) is 0 Å². The van der Waals surface area contributed by atoms with Gasteiger partial charge in [-0.3, -0.25) is 4.68 Å². The van der Waals surface area contributed by atoms with Crippen LogP contribution in [0.15, 0.2) is 30.5 Å². The zero-order chi connectivity index (χ0) is 12.3. The van der Waals surface area contributed by atoms with Crippen LogP contribution >= 0.6 is 11.6 Å². The van der Waals surface area contributed by atoms with Crippen molar-refractivity contribution in [1.29, 1.82) is 0 Å². The number of hydrogen-bond acceptors (Lipinski definition) is 3. The minimum absolute atomic E-state index is 0.507. The number of halogens is 1. The summed E-state index contributed by atoms with van der Waals surface area (Å²) >= 11 is 5.91. The van der Waals surface area contributed by atoms with Gasteiger partial charge in [-0.25, -0.2) is 0 Å². The Morgan fingerprint density at radius 3 is 2.82 bits per heavy atom. The van der Waals surface area contributed by atoms with Gasteiger partial charge < -0.3 is 10.5 Å². The van der Waals surface area contributed by atoms with Crippen LogP contribution in [-0.2, 0) is 6.54 Å². The van der Waals surface area contributed by atoms with Gasteiger partial charge in [-0.2, -0.15) is 5.10 Å². The number of nitrogen functional groups attached to an aromatic ring is 1. The molecule has 1 aromatic carbocycles. The predicted octanol–water partition coefficient (Wildman–Crippen LogP) is 2.51. The number of ether oxygens (including phenoxy) is 1. The molecule has 2 aromatic rings. The van der Waals surface area contributed by atoms with Crippen molar-refractivity contribution in [3.8, 4) is 5.75 Å². The molecule has 0 fully saturated rings. The second-order valence-corrected chi connectivity index (χ2v) is 4.09. The smallest absolute Gasteiger partial charge is 0.142 e. The van der Waals surface area contributed by atoms with Crippen molar-refractivity contribution in [3.63, 3.8) is 0 Å². The molecule has 5 heteroatoms. The third-order valence-corrected chi connectivity index (χ3v) is 2.89. The van der Waals surface area contributed by atoms with Crippen LogP contribution in [0.1, 0.15) is 5.69 Å². The van der Waals surface area contributed by atoms with Gasteiger partial charge in [-0.1, -0.05) is 23.7 Å². The average Bonchev–Trinajstić information content (AvgIpc) is 2.63. The predicted molar refractivity (Wildman–Crippen MR) is 68.3 cm³/mol. The third-order valence-electron chi connectivity index (χ3n) is 2.52. The van der Waals surface area contributed by atoms with E-state index in [1.807, 2.05) is 35.9 Å². The molecule has 0 radical (unpaired) electrons. The molecule has 90 valence electrons. The van der Waals surface area contributed by atoms with Gasteiger partial charge >= 0.3 is 0 Å². The van der Waals surface area contributed by atoms with Crippen LogP contribution in [0.3, 0.4) is 0 Å². The zero-order valence-electron chi connectivity index (χ0n) is 9.56. The summed E-state index contributed by atoms with van der Waals surface area (Å²) in [5.74, 6) is 0.698. The molecule has 2 rings (SSSR count). The summed E-state index contributed by atoms with van der Waals surface area (Å²) in [5.41, 5.74) is 7.35. The second-order valence-electron chi connectivity index (χ2n) is 3.69. The maximum Gasteiger partial charge on any atom is 0.142 e. The highest BCUT2D eigenvalue weighted by atomic mass is 35.5. The Balaban J connectivity index is 1.92. The maximum atomic E-state index is 5.91. The first-order valence-electron chi connectivity index (χ1n) is 5.33. The number of hydrogen-bond donors (Lipinski definition) is 1. The summed E-state index contributed by atoms with van der Waals surface area (Å²) < 4.78 is 7.38. The van der Waals surface area contributed by atoms with Crippen molar-refractivity contribution < 1.29 is 4.74 Å². The summed E-state index contributed by atoms with van der Waals surface area (Å²) in [7, 11) is 0. The molecule has 2 N–H and O–H groups in total. The average molecular weight is 252 g/mol. The fourth-order valence-electron chi connectivity index (χ4n) is 1.50. The molecule has 0 spiro atoms. The van der Waals surface area contributed by atoms with E-state index in [1.54, 1.807) is 6.20 Å². The first kappa shape index (κ1) is 11.8. The van der Waals surface area contributed by atoms with Crippen LogP contribution in [-0.4, -0.2) is 16.4 Å². The Kier molecular flexibility index (Phi) is 3.54. The second kappa shape index (κ2) is 5.10. The number of rotatable bonds is 4. The fourth-order valence-corrected chi connectivity index (χ4v) is 1.64. The monoisotopic (exact) mass is 251 g/mol. The van der Waals surface area contributed by atoms with Crippen molar-refractivity contribution in [2.45, 2.75) is 13.5 Å². The van der Waals surface area contributed by atoms with E-state index in [0.717, 1.165) is 5.69 Å². The van der Waals surface area contributed by atoms with E-state index in [0.29, 0.717) is 29.6 Å². The van der Waals surface area contributed by atoms with Gasteiger partial charge in [0.2, 0.25) is 0 Å². The van der Waals surface area contributed by atoms with Gasteiger partial charge in [0, 0.05) is 0 Å². The number of nitrogens with two attached hydrogens (primary N) is 1. The number of nitrogens with zero attached hydrogens (tertiary/aromatic N) is 2. The molecule has 4 nitrogen and oxygen atoms in total. The van der Waals surface area contributed by atoms with E-state index < -0.39 is 0 Å². The zero-order valence-corrected chi connectivity index (χ0v) is 10.3. The minimum Gasteiger partial charge on any atom is -0.490 e. The Morgan fingerprint density at radius 2 is 2.18 bits per heavy atom. The highest BCUT2D eigenvalue weighted by Gasteiger charge is 2.04. The molecule has 1 heterocycles. The largest absolute Gasteiger partial charge is 0.490 e. The van der Waals surface area contributed by atoms with E-state index in [4.69, 9.17) is 22.1 Å². The van der Waals surface area contributed by atoms with Gasteiger partial charge in [0.05, 0.1) is 29.1 Å². The highest BCUT2D eigenvalue weighted by Crippen LogP contribution is 2.19. The quantitative estimate of drug-likeness (QED) is 0.850. The van der Waals surface area contributed by atoms with E-state index in [9.17, 15) is 0 Å². The van der Waals surface area contributed by atoms with E-state index in [-0.39, 0.29) is 0 Å². The SMILES string of the molecule is Cc1c(Cl)cnn1CCOc1ccccc1N. The normalized spacial score (nSPS) is 10.5. The Bertz CT molecular complexity index is 510. The van der Waals surface area contributed by atoms with Crippen molar-refractivity contribution in [2.24, 2.45) is 0 Å². The molecule has 0 aliphatic rings. The first-order valence-corrected chi connectivity index (χ1v) is 5.71. The van der Waals surface area contributed by atoms with Gasteiger partial charge in [-0.15, -0.1) is 0 Å². The molecule has 0 amide bonds. The fraction of sp³-hybridized carbons (Fsp3) is 0.250. The highest BCUT2D eigenvalue weighted by molar-refractivity contribution is 6.31. The molecule has 0 unspecified atom stereocenters. The molecule has 1 aromatic heterocycles. The Morgan fingerprint density at radius 1 is 1.41 bits per heavy atom. The van der Waals surface area contributed by atoms with Gasteiger partial charge in [0.25, 0.3) is 0 Å². The van der Waals surface area contributed by atoms with Crippen LogP contribution < -0.4 is 10.5 Å². The lowest BCUT2D eigenvalue weighted by Crippen LogP contribution is -2.11. The molecular formula is C12H14ClN3O. The van der Waals surface area contributed by atoms with Crippen LogP contribution in [0.2, 0.25) is 5.02 Å². The van der Waals surface area contributed by atoms with Crippen LogP contribution in [0.4, 0.5) is 5.69 Å². The lowest BCUT2D eigenvalue weighted by molar-refractivity contribution is 0.291. The number of anilines is 1. The first-order chi connectivity index (χ1) is 8.18. The van der Waals surface area contributed by atoms with Crippen molar-refractivity contribution in [2.75, 3.05) is 12.3 Å². The Hall–Kier alpha value is -1.68. The maximum absolute atomic E-state index is 5.91. The molecule has 17 heavy (non-hydrogen) atoms. The van der Waals surface area contributed by atoms with Gasteiger partial charge in [-0.05, 0) is 19.1 Å². The lowest BCUT2D eigenvalue weighted by atomic mass is 10.3. The van der Waals surface area contributed by atoms with Crippen molar-refractivity contribution in [3.05, 3.63) is 41.2 Å². The third kappa shape index (κ3) is 2.71. The van der Waals surface area contributed by atoms with E-state index in [1.165, 1.54) is 0 Å². The molecule has 0 atom stereocenters. The molecular weight excluding hydrogens is 238 g/mol. The van der Waals surface area contributed by atoms with E-state index in [2.05, 4.69) is 5.10 Å². The summed E-state index contributed by atoms with van der Waals surface area (Å²) in [6.07, 6.45) is 1.63. The summed E-state index contributed by atoms with van der Waals surface area (Å²) in [6.45, 7) is 3.08. The molecule has 0 bridgehead atoms. The summed E-state index contributed by atoms with van der Waals surface area (Å²) in [6, 6.07) is 7.42. The molecule has 0 aliphatic carbocycles. The van der Waals surface area contributed by atoms with Crippen molar-refractivity contribution >= 4 is 17.3 Å². The number of benzene rings is 1. The van der Waals surface area contributed by atoms with Crippen LogP contribution in [0.5, 0.6) is 5.75 Å². The lowest BCUT2D eigenvalue weighted by Gasteiger charge is -2.09. The summed E-state index contributed by atoms with van der Waals surface area (Å²) in [5, 5.41) is 4.81. The minimum atomic E-state index is 0.507. The molecule has 0 saturated heterocycles. The number of para-hydroxylation sites is 2. The summed E-state index contributed by atoms with van der Waals surface area (Å²) in [4.78, 5) is 0. The standard InChI is InChI=1S/C12H14ClN3O/c1-9-10(13)8-15-16(9)6-7-17-12-5-3-2-4-11(12)14/h2-5,8H,6-7,14H2,1H3. The van der Waals surface area contributed by atoms with Crippen LogP contribution in [0.25, 0.3) is 0 Å². The van der Waals surface area contributed by atoms with Gasteiger partial charge in [0.1, 0.15) is 12.4 Å². The molecule has 0 aliphatic heterocycles.